The second kappa shape index (κ2) is 6.73. The Balaban J connectivity index is 2.07. The van der Waals surface area contributed by atoms with Crippen molar-refractivity contribution in [2.75, 3.05) is 18.1 Å². The van der Waals surface area contributed by atoms with Gasteiger partial charge in [0.1, 0.15) is 0 Å². The van der Waals surface area contributed by atoms with E-state index in [1.807, 2.05) is 11.8 Å². The highest BCUT2D eigenvalue weighted by molar-refractivity contribution is 7.99. The molecule has 0 aromatic carbocycles. The number of rotatable bonds is 5. The summed E-state index contributed by atoms with van der Waals surface area (Å²) < 4.78 is 0. The van der Waals surface area contributed by atoms with E-state index >= 15 is 0 Å². The van der Waals surface area contributed by atoms with Crippen molar-refractivity contribution in [3.63, 3.8) is 0 Å². The topological polar surface area (TPSA) is 12.0 Å². The zero-order valence-electron chi connectivity index (χ0n) is 9.88. The van der Waals surface area contributed by atoms with Gasteiger partial charge in [0.25, 0.3) is 0 Å². The number of hydrogen-bond donors (Lipinski definition) is 1. The summed E-state index contributed by atoms with van der Waals surface area (Å²) in [5.41, 5.74) is 0. The first-order chi connectivity index (χ1) is 6.74. The number of nitrogens with one attached hydrogen (secondary N) is 1. The summed E-state index contributed by atoms with van der Waals surface area (Å²) >= 11 is 2.04. The van der Waals surface area contributed by atoms with Crippen LogP contribution in [0.25, 0.3) is 0 Å². The molecule has 2 heteroatoms. The van der Waals surface area contributed by atoms with Crippen LogP contribution in [0.4, 0.5) is 0 Å². The Morgan fingerprint density at radius 2 is 2.00 bits per heavy atom. The van der Waals surface area contributed by atoms with E-state index in [2.05, 4.69) is 26.1 Å². The molecule has 0 spiro atoms. The lowest BCUT2D eigenvalue weighted by molar-refractivity contribution is 0.228. The van der Waals surface area contributed by atoms with Crippen LogP contribution in [-0.2, 0) is 0 Å². The van der Waals surface area contributed by atoms with Gasteiger partial charge in [0, 0.05) is 18.3 Å². The highest BCUT2D eigenvalue weighted by Gasteiger charge is 2.23. The molecule has 84 valence electrons. The largest absolute Gasteiger partial charge is 0.313 e. The van der Waals surface area contributed by atoms with Crippen LogP contribution >= 0.6 is 11.8 Å². The first-order valence-electron chi connectivity index (χ1n) is 6.05. The Labute approximate surface area is 93.4 Å². The van der Waals surface area contributed by atoms with Gasteiger partial charge >= 0.3 is 0 Å². The van der Waals surface area contributed by atoms with E-state index in [4.69, 9.17) is 0 Å². The lowest BCUT2D eigenvalue weighted by Crippen LogP contribution is -2.37. The molecule has 0 saturated heterocycles. The summed E-state index contributed by atoms with van der Waals surface area (Å²) in [6, 6.07) is 0.804. The Bertz CT molecular complexity index is 149. The molecule has 0 radical (unpaired) electrons. The van der Waals surface area contributed by atoms with Crippen LogP contribution in [0.5, 0.6) is 0 Å². The van der Waals surface area contributed by atoms with E-state index < -0.39 is 0 Å². The predicted octanol–water partition coefficient (Wildman–Crippen LogP) is 3.15. The van der Waals surface area contributed by atoms with E-state index in [0.717, 1.165) is 17.9 Å². The fraction of sp³-hybridized carbons (Fsp3) is 1.00. The third-order valence-corrected chi connectivity index (χ3v) is 4.38. The number of hydrogen-bond acceptors (Lipinski definition) is 2. The molecule has 14 heavy (non-hydrogen) atoms. The second-order valence-corrected chi connectivity index (χ2v) is 6.01. The molecule has 3 unspecified atom stereocenters. The van der Waals surface area contributed by atoms with Crippen LogP contribution < -0.4 is 5.32 Å². The Morgan fingerprint density at radius 3 is 2.64 bits per heavy atom. The van der Waals surface area contributed by atoms with Crippen molar-refractivity contribution in [3.05, 3.63) is 0 Å². The summed E-state index contributed by atoms with van der Waals surface area (Å²) in [5.74, 6) is 4.38. The molecule has 0 heterocycles. The van der Waals surface area contributed by atoms with Gasteiger partial charge in [-0.15, -0.1) is 0 Å². The van der Waals surface area contributed by atoms with Crippen LogP contribution in [-0.4, -0.2) is 24.1 Å². The Morgan fingerprint density at radius 1 is 1.21 bits per heavy atom. The molecule has 3 atom stereocenters. The van der Waals surface area contributed by atoms with Gasteiger partial charge in [-0.05, 0) is 36.9 Å². The van der Waals surface area contributed by atoms with Crippen molar-refractivity contribution in [2.24, 2.45) is 11.8 Å². The molecule has 1 aliphatic rings. The zero-order valence-corrected chi connectivity index (χ0v) is 10.7. The molecule has 0 bridgehead atoms. The Hall–Kier alpha value is 0.310. The molecule has 0 aliphatic heterocycles. The van der Waals surface area contributed by atoms with E-state index in [0.29, 0.717) is 0 Å². The maximum atomic E-state index is 3.69. The molecule has 1 nitrogen and oxygen atoms in total. The molecule has 0 aromatic heterocycles. The molecular weight excluding hydrogens is 190 g/mol. The third kappa shape index (κ3) is 4.22. The average Bonchev–Trinajstić information content (AvgIpc) is 2.18. The molecule has 1 fully saturated rings. The summed E-state index contributed by atoms with van der Waals surface area (Å²) in [6.45, 7) is 8.23. The minimum atomic E-state index is 0.804. The van der Waals surface area contributed by atoms with Gasteiger partial charge in [0.15, 0.2) is 0 Å². The second-order valence-electron chi connectivity index (χ2n) is 4.62. The SMILES string of the molecule is CCSCCNC1CCC(C)C(C)C1. The maximum absolute atomic E-state index is 3.69. The van der Waals surface area contributed by atoms with Crippen molar-refractivity contribution in [3.8, 4) is 0 Å². The summed E-state index contributed by atoms with van der Waals surface area (Å²) in [6.07, 6.45) is 4.19. The van der Waals surface area contributed by atoms with Crippen molar-refractivity contribution in [1.29, 1.82) is 0 Å². The van der Waals surface area contributed by atoms with Gasteiger partial charge in [-0.1, -0.05) is 20.8 Å². The minimum absolute atomic E-state index is 0.804. The van der Waals surface area contributed by atoms with Crippen molar-refractivity contribution < 1.29 is 0 Å². The van der Waals surface area contributed by atoms with Crippen LogP contribution in [0, 0.1) is 11.8 Å². The molecule has 1 saturated carbocycles. The molecule has 0 amide bonds. The molecule has 1 rings (SSSR count). The van der Waals surface area contributed by atoms with Crippen LogP contribution in [0.15, 0.2) is 0 Å². The molecular formula is C12H25NS. The van der Waals surface area contributed by atoms with Gasteiger partial charge in [-0.25, -0.2) is 0 Å². The fourth-order valence-electron chi connectivity index (χ4n) is 2.21. The summed E-state index contributed by atoms with van der Waals surface area (Å²) in [7, 11) is 0. The standard InChI is InChI=1S/C12H25NS/c1-4-14-8-7-13-12-6-5-10(2)11(3)9-12/h10-13H,4-9H2,1-3H3. The van der Waals surface area contributed by atoms with Crippen molar-refractivity contribution in [1.82, 2.24) is 5.32 Å². The lowest BCUT2D eigenvalue weighted by Gasteiger charge is -2.32. The van der Waals surface area contributed by atoms with Gasteiger partial charge in [-0.3, -0.25) is 0 Å². The number of thioether (sulfide) groups is 1. The predicted molar refractivity (Wildman–Crippen MR) is 67.0 cm³/mol. The minimum Gasteiger partial charge on any atom is -0.313 e. The third-order valence-electron chi connectivity index (χ3n) is 3.48. The average molecular weight is 215 g/mol. The molecule has 1 aliphatic carbocycles. The van der Waals surface area contributed by atoms with Gasteiger partial charge in [0.2, 0.25) is 0 Å². The van der Waals surface area contributed by atoms with E-state index in [-0.39, 0.29) is 0 Å². The van der Waals surface area contributed by atoms with Gasteiger partial charge in [-0.2, -0.15) is 11.8 Å². The fourth-order valence-corrected chi connectivity index (χ4v) is 2.76. The Kier molecular flexibility index (Phi) is 5.95. The van der Waals surface area contributed by atoms with Crippen molar-refractivity contribution >= 4 is 11.8 Å². The lowest BCUT2D eigenvalue weighted by atomic mass is 9.79. The van der Waals surface area contributed by atoms with E-state index in [1.54, 1.807) is 0 Å². The van der Waals surface area contributed by atoms with Gasteiger partial charge in [0.05, 0.1) is 0 Å². The quantitative estimate of drug-likeness (QED) is 0.707. The van der Waals surface area contributed by atoms with Crippen LogP contribution in [0.1, 0.15) is 40.0 Å². The maximum Gasteiger partial charge on any atom is 0.00701 e. The monoisotopic (exact) mass is 215 g/mol. The van der Waals surface area contributed by atoms with Crippen LogP contribution in [0.2, 0.25) is 0 Å². The summed E-state index contributed by atoms with van der Waals surface area (Å²) in [5, 5.41) is 3.69. The van der Waals surface area contributed by atoms with Gasteiger partial charge < -0.3 is 5.32 Å². The zero-order chi connectivity index (χ0) is 10.4. The first-order valence-corrected chi connectivity index (χ1v) is 7.20. The normalized spacial score (nSPS) is 33.2. The van der Waals surface area contributed by atoms with Crippen molar-refractivity contribution in [2.45, 2.75) is 46.1 Å². The summed E-state index contributed by atoms with van der Waals surface area (Å²) in [4.78, 5) is 0. The smallest absolute Gasteiger partial charge is 0.00701 e. The van der Waals surface area contributed by atoms with E-state index in [9.17, 15) is 0 Å². The first kappa shape index (κ1) is 12.4. The molecule has 1 N–H and O–H groups in total. The van der Waals surface area contributed by atoms with Crippen LogP contribution in [0.3, 0.4) is 0 Å². The highest BCUT2D eigenvalue weighted by atomic mass is 32.2. The van der Waals surface area contributed by atoms with E-state index in [1.165, 1.54) is 37.3 Å². The highest BCUT2D eigenvalue weighted by Crippen LogP contribution is 2.29. The molecule has 0 aromatic rings.